The van der Waals surface area contributed by atoms with Gasteiger partial charge in [-0.15, -0.1) is 0 Å². The fraction of sp³-hybridized carbons (Fsp3) is 0.0588. The summed E-state index contributed by atoms with van der Waals surface area (Å²) in [7, 11) is 0. The van der Waals surface area contributed by atoms with Crippen LogP contribution in [0.1, 0.15) is 5.56 Å². The van der Waals surface area contributed by atoms with Gasteiger partial charge in [0.2, 0.25) is 0 Å². The second-order valence-electron chi connectivity index (χ2n) is 5.02. The zero-order valence-corrected chi connectivity index (χ0v) is 14.9. The fourth-order valence-corrected chi connectivity index (χ4v) is 3.60. The van der Waals surface area contributed by atoms with Gasteiger partial charge in [-0.1, -0.05) is 24.3 Å². The molecule has 0 aliphatic heterocycles. The van der Waals surface area contributed by atoms with Gasteiger partial charge < -0.3 is 9.12 Å². The third kappa shape index (κ3) is 3.70. The summed E-state index contributed by atoms with van der Waals surface area (Å²) in [6.07, 6.45) is 0. The summed E-state index contributed by atoms with van der Waals surface area (Å²) in [5, 5.41) is 0. The number of nitrogens with zero attached hydrogens (tertiary/aromatic N) is 1. The van der Waals surface area contributed by atoms with Crippen LogP contribution in [-0.4, -0.2) is 13.3 Å². The van der Waals surface area contributed by atoms with Crippen molar-refractivity contribution in [3.8, 4) is 16.9 Å². The average Bonchev–Trinajstić information content (AvgIpc) is 2.90. The van der Waals surface area contributed by atoms with E-state index in [9.17, 15) is 8.60 Å². The predicted molar refractivity (Wildman–Crippen MR) is 98.4 cm³/mol. The van der Waals surface area contributed by atoms with Gasteiger partial charge in [-0.05, 0) is 70.1 Å². The highest BCUT2D eigenvalue weighted by molar-refractivity contribution is 14.1. The van der Waals surface area contributed by atoms with Crippen molar-refractivity contribution in [1.29, 1.82) is 0 Å². The lowest BCUT2D eigenvalue weighted by Crippen LogP contribution is -1.99. The Labute approximate surface area is 149 Å². The van der Waals surface area contributed by atoms with E-state index in [1.807, 2.05) is 41.0 Å². The lowest BCUT2D eigenvalue weighted by molar-refractivity contribution is 0.563. The molecule has 1 aromatic heterocycles. The molecule has 0 fully saturated rings. The highest BCUT2D eigenvalue weighted by Crippen LogP contribution is 2.28. The van der Waals surface area contributed by atoms with Gasteiger partial charge >= 0.3 is 0 Å². The predicted octanol–water partition coefficient (Wildman–Crippen LogP) is 4.61. The first-order valence-corrected chi connectivity index (χ1v) is 9.20. The summed E-state index contributed by atoms with van der Waals surface area (Å²) < 4.78 is 36.0. The van der Waals surface area contributed by atoms with Crippen LogP contribution in [0, 0.1) is 9.52 Å². The molecule has 1 heterocycles. The summed E-state index contributed by atoms with van der Waals surface area (Å²) in [5.41, 5.74) is 3.67. The first-order valence-electron chi connectivity index (χ1n) is 6.84. The number of halogens is 2. The maximum absolute atomic E-state index is 13.1. The molecule has 0 aliphatic carbocycles. The third-order valence-corrected chi connectivity index (χ3v) is 4.88. The molecule has 0 saturated carbocycles. The zero-order valence-electron chi connectivity index (χ0n) is 11.9. The Bertz CT molecular complexity index is 844. The topological polar surface area (TPSA) is 42.2 Å². The van der Waals surface area contributed by atoms with Crippen LogP contribution in [0.3, 0.4) is 0 Å². The Morgan fingerprint density at radius 1 is 1.00 bits per heavy atom. The molecule has 118 valence electrons. The summed E-state index contributed by atoms with van der Waals surface area (Å²) in [4.78, 5) is 0. The molecule has 23 heavy (non-hydrogen) atoms. The van der Waals surface area contributed by atoms with Crippen LogP contribution in [0.25, 0.3) is 16.9 Å². The van der Waals surface area contributed by atoms with E-state index in [1.165, 1.54) is 12.1 Å². The maximum atomic E-state index is 13.1. The monoisotopic (exact) mass is 441 g/mol. The Morgan fingerprint density at radius 3 is 2.26 bits per heavy atom. The largest absolute Gasteiger partial charge is 0.306 e. The van der Waals surface area contributed by atoms with Crippen LogP contribution in [0.15, 0.2) is 60.7 Å². The van der Waals surface area contributed by atoms with Crippen LogP contribution in [0.4, 0.5) is 4.39 Å². The molecule has 1 atom stereocenters. The maximum Gasteiger partial charge on any atom is 0.157 e. The van der Waals surface area contributed by atoms with E-state index < -0.39 is 11.1 Å². The van der Waals surface area contributed by atoms with E-state index in [-0.39, 0.29) is 11.6 Å². The first kappa shape index (κ1) is 16.4. The van der Waals surface area contributed by atoms with Crippen LogP contribution in [0.2, 0.25) is 0 Å². The molecule has 3 aromatic rings. The number of hydrogen-bond acceptors (Lipinski definition) is 1. The minimum absolute atomic E-state index is 0.122. The summed E-state index contributed by atoms with van der Waals surface area (Å²) >= 11 is 0.397. The highest BCUT2D eigenvalue weighted by Gasteiger charge is 2.10. The Balaban J connectivity index is 2.01. The van der Waals surface area contributed by atoms with Crippen molar-refractivity contribution in [3.63, 3.8) is 0 Å². The molecule has 2 aromatic carbocycles. The molecular formula is C17H13FINO2S. The van der Waals surface area contributed by atoms with Gasteiger partial charge in [0, 0.05) is 5.69 Å². The molecule has 0 bridgehead atoms. The van der Waals surface area contributed by atoms with Crippen molar-refractivity contribution >= 4 is 33.7 Å². The second kappa shape index (κ2) is 6.94. The van der Waals surface area contributed by atoms with Crippen molar-refractivity contribution < 1.29 is 13.2 Å². The summed E-state index contributed by atoms with van der Waals surface area (Å²) in [5.74, 6) is -0.143. The molecule has 0 radical (unpaired) electrons. The van der Waals surface area contributed by atoms with Crippen LogP contribution >= 0.6 is 22.6 Å². The highest BCUT2D eigenvalue weighted by atomic mass is 127. The number of aromatic nitrogens is 1. The van der Waals surface area contributed by atoms with E-state index in [2.05, 4.69) is 22.6 Å². The Kier molecular flexibility index (Phi) is 4.93. The van der Waals surface area contributed by atoms with Crippen molar-refractivity contribution in [3.05, 3.63) is 75.7 Å². The van der Waals surface area contributed by atoms with Gasteiger partial charge in [0.05, 0.1) is 15.1 Å². The SMILES string of the molecule is O=S(O)Cc1ccc(-c2ccc(I)n2-c2ccc(F)cc2)cc1. The van der Waals surface area contributed by atoms with E-state index in [0.29, 0.717) is 0 Å². The van der Waals surface area contributed by atoms with E-state index in [0.717, 1.165) is 26.2 Å². The lowest BCUT2D eigenvalue weighted by atomic mass is 10.1. The molecule has 1 N–H and O–H groups in total. The normalized spacial score (nSPS) is 12.3. The van der Waals surface area contributed by atoms with E-state index in [4.69, 9.17) is 4.55 Å². The molecule has 0 saturated heterocycles. The molecule has 0 aliphatic rings. The van der Waals surface area contributed by atoms with E-state index in [1.54, 1.807) is 12.1 Å². The van der Waals surface area contributed by atoms with Gasteiger partial charge in [-0.2, -0.15) is 0 Å². The molecular weight excluding hydrogens is 428 g/mol. The molecule has 0 spiro atoms. The molecule has 1 unspecified atom stereocenters. The standard InChI is InChI=1S/C17H13FINO2S/c18-14-5-7-15(8-6-14)20-16(9-10-17(20)19)13-3-1-12(2-4-13)11-23(21)22/h1-10H,11H2,(H,21,22). The van der Waals surface area contributed by atoms with Crippen molar-refractivity contribution in [2.45, 2.75) is 5.75 Å². The minimum Gasteiger partial charge on any atom is -0.306 e. The smallest absolute Gasteiger partial charge is 0.157 e. The summed E-state index contributed by atoms with van der Waals surface area (Å²) in [6, 6.07) is 17.9. The van der Waals surface area contributed by atoms with Gasteiger partial charge in [-0.25, -0.2) is 8.60 Å². The van der Waals surface area contributed by atoms with E-state index >= 15 is 0 Å². The fourth-order valence-electron chi connectivity index (χ4n) is 2.40. The van der Waals surface area contributed by atoms with Crippen LogP contribution in [0.5, 0.6) is 0 Å². The summed E-state index contributed by atoms with van der Waals surface area (Å²) in [6.45, 7) is 0. The third-order valence-electron chi connectivity index (χ3n) is 3.46. The minimum atomic E-state index is -1.84. The average molecular weight is 441 g/mol. The zero-order chi connectivity index (χ0) is 16.4. The number of hydrogen-bond donors (Lipinski definition) is 1. The molecule has 3 rings (SSSR count). The Hall–Kier alpha value is -1.51. The Morgan fingerprint density at radius 2 is 1.65 bits per heavy atom. The lowest BCUT2D eigenvalue weighted by Gasteiger charge is -2.12. The van der Waals surface area contributed by atoms with Gasteiger partial charge in [0.1, 0.15) is 5.82 Å². The van der Waals surface area contributed by atoms with Crippen molar-refractivity contribution in [2.75, 3.05) is 0 Å². The van der Waals surface area contributed by atoms with Gasteiger partial charge in [-0.3, -0.25) is 0 Å². The van der Waals surface area contributed by atoms with Crippen molar-refractivity contribution in [1.82, 2.24) is 4.57 Å². The molecule has 3 nitrogen and oxygen atoms in total. The van der Waals surface area contributed by atoms with Crippen LogP contribution in [-0.2, 0) is 16.8 Å². The number of benzene rings is 2. The molecule has 6 heteroatoms. The quantitative estimate of drug-likeness (QED) is 0.475. The first-order chi connectivity index (χ1) is 11.0. The van der Waals surface area contributed by atoms with Crippen LogP contribution < -0.4 is 0 Å². The number of rotatable bonds is 4. The van der Waals surface area contributed by atoms with Gasteiger partial charge in [0.15, 0.2) is 11.1 Å². The molecule has 0 amide bonds. The second-order valence-corrected chi connectivity index (χ2v) is 7.05. The van der Waals surface area contributed by atoms with Gasteiger partial charge in [0.25, 0.3) is 0 Å². The van der Waals surface area contributed by atoms with Crippen molar-refractivity contribution in [2.24, 2.45) is 0 Å².